The molecule has 1 aliphatic carbocycles. The molecule has 122 valence electrons. The van der Waals surface area contributed by atoms with Crippen molar-refractivity contribution in [1.82, 2.24) is 14.8 Å². The summed E-state index contributed by atoms with van der Waals surface area (Å²) in [6.07, 6.45) is 2.93. The molecule has 0 aliphatic heterocycles. The predicted molar refractivity (Wildman–Crippen MR) is 93.4 cm³/mol. The van der Waals surface area contributed by atoms with Crippen LogP contribution in [0.4, 0.5) is 0 Å². The molecule has 0 bridgehead atoms. The van der Waals surface area contributed by atoms with E-state index >= 15 is 0 Å². The predicted octanol–water partition coefficient (Wildman–Crippen LogP) is 3.47. The van der Waals surface area contributed by atoms with Crippen LogP contribution in [0.3, 0.4) is 0 Å². The van der Waals surface area contributed by atoms with Gasteiger partial charge < -0.3 is 5.11 Å². The van der Waals surface area contributed by atoms with Gasteiger partial charge in [-0.25, -0.2) is 0 Å². The van der Waals surface area contributed by atoms with Crippen molar-refractivity contribution in [2.75, 3.05) is 5.75 Å². The van der Waals surface area contributed by atoms with E-state index in [9.17, 15) is 10.0 Å². The fourth-order valence-corrected chi connectivity index (χ4v) is 3.68. The number of fused-ring (bicyclic) bond motifs is 1. The van der Waals surface area contributed by atoms with Crippen molar-refractivity contribution >= 4 is 22.5 Å². The molecular weight excluding hydrogens is 324 g/mol. The minimum Gasteiger partial charge on any atom is -0.368 e. The maximum Gasteiger partial charge on any atom is 0.196 e. The third kappa shape index (κ3) is 2.81. The molecule has 7 heteroatoms. The summed E-state index contributed by atoms with van der Waals surface area (Å²) >= 11 is 1.26. The van der Waals surface area contributed by atoms with Crippen LogP contribution in [0.25, 0.3) is 16.5 Å². The molecule has 1 N–H and O–H groups in total. The summed E-state index contributed by atoms with van der Waals surface area (Å²) in [5, 5.41) is 23.1. The Hall–Kier alpha value is -2.25. The highest BCUT2D eigenvalue weighted by molar-refractivity contribution is 7.99. The highest BCUT2D eigenvalue weighted by atomic mass is 32.2. The maximum atomic E-state index is 10.3. The zero-order valence-corrected chi connectivity index (χ0v) is 13.7. The summed E-state index contributed by atoms with van der Waals surface area (Å²) in [6.45, 7) is 0. The van der Waals surface area contributed by atoms with Gasteiger partial charge in [-0.1, -0.05) is 42.1 Å². The number of aliphatic hydroxyl groups is 1. The van der Waals surface area contributed by atoms with Gasteiger partial charge >= 0.3 is 0 Å². The summed E-state index contributed by atoms with van der Waals surface area (Å²) in [5.41, 5.74) is 2.40. The number of hydrogen-bond acceptors (Lipinski definition) is 6. The molecule has 2 aromatic carbocycles. The average molecular weight is 340 g/mol. The first kappa shape index (κ1) is 15.3. The SMILES string of the molecule is O=N[C@@H](O)CSc1nncn1-c1ccc(C2CC2)c2ccccc12. The quantitative estimate of drug-likeness (QED) is 0.549. The fourth-order valence-electron chi connectivity index (χ4n) is 2.93. The lowest BCUT2D eigenvalue weighted by molar-refractivity contribution is 0.208. The van der Waals surface area contributed by atoms with Crippen molar-refractivity contribution in [2.45, 2.75) is 30.1 Å². The van der Waals surface area contributed by atoms with Crippen LogP contribution in [-0.2, 0) is 0 Å². The molecular formula is C17H16N4O2S. The number of aromatic nitrogens is 3. The lowest BCUT2D eigenvalue weighted by Gasteiger charge is -2.13. The van der Waals surface area contributed by atoms with Gasteiger partial charge in [0.2, 0.25) is 0 Å². The minimum atomic E-state index is -1.24. The lowest BCUT2D eigenvalue weighted by Crippen LogP contribution is -2.06. The molecule has 6 nitrogen and oxygen atoms in total. The highest BCUT2D eigenvalue weighted by Crippen LogP contribution is 2.44. The van der Waals surface area contributed by atoms with E-state index < -0.39 is 6.23 Å². The zero-order valence-electron chi connectivity index (χ0n) is 12.9. The highest BCUT2D eigenvalue weighted by Gasteiger charge is 2.26. The fraction of sp³-hybridized carbons (Fsp3) is 0.294. The molecule has 1 aliphatic rings. The molecule has 0 unspecified atom stereocenters. The van der Waals surface area contributed by atoms with E-state index in [1.165, 1.54) is 35.6 Å². The first-order chi connectivity index (χ1) is 11.8. The Morgan fingerprint density at radius 2 is 2.04 bits per heavy atom. The Bertz CT molecular complexity index is 891. The van der Waals surface area contributed by atoms with E-state index in [1.807, 2.05) is 10.6 Å². The van der Waals surface area contributed by atoms with Crippen LogP contribution in [-0.4, -0.2) is 31.9 Å². The molecule has 4 rings (SSSR count). The lowest BCUT2D eigenvalue weighted by atomic mass is 9.99. The van der Waals surface area contributed by atoms with Gasteiger partial charge in [0, 0.05) is 5.39 Å². The summed E-state index contributed by atoms with van der Waals surface area (Å²) < 4.78 is 1.89. The van der Waals surface area contributed by atoms with Gasteiger partial charge in [-0.05, 0) is 41.0 Å². The molecule has 0 amide bonds. The number of nitroso groups, excluding NO2 is 1. The maximum absolute atomic E-state index is 10.3. The third-order valence-electron chi connectivity index (χ3n) is 4.21. The van der Waals surface area contributed by atoms with Crippen LogP contribution in [0.1, 0.15) is 24.3 Å². The largest absolute Gasteiger partial charge is 0.368 e. The van der Waals surface area contributed by atoms with E-state index in [1.54, 1.807) is 6.33 Å². The Morgan fingerprint density at radius 3 is 2.79 bits per heavy atom. The molecule has 1 aromatic heterocycles. The zero-order chi connectivity index (χ0) is 16.5. The molecule has 0 spiro atoms. The summed E-state index contributed by atoms with van der Waals surface area (Å²) in [6, 6.07) is 12.6. The Balaban J connectivity index is 1.76. The molecule has 1 heterocycles. The van der Waals surface area contributed by atoms with Gasteiger partial charge in [-0.2, -0.15) is 0 Å². The second kappa shape index (κ2) is 6.33. The number of rotatable bonds is 6. The molecule has 3 aromatic rings. The van der Waals surface area contributed by atoms with Crippen LogP contribution >= 0.6 is 11.8 Å². The number of nitrogens with zero attached hydrogens (tertiary/aromatic N) is 4. The topological polar surface area (TPSA) is 80.4 Å². The van der Waals surface area contributed by atoms with Crippen molar-refractivity contribution in [3.63, 3.8) is 0 Å². The smallest absolute Gasteiger partial charge is 0.196 e. The van der Waals surface area contributed by atoms with Crippen LogP contribution < -0.4 is 0 Å². The summed E-state index contributed by atoms with van der Waals surface area (Å²) in [4.78, 5) is 10.3. The van der Waals surface area contributed by atoms with Gasteiger partial charge in [-0.3, -0.25) is 4.57 Å². The monoisotopic (exact) mass is 340 g/mol. The standard InChI is InChI=1S/C17H16N4O2S/c22-16(20-23)9-24-17-19-18-10-21(17)15-8-7-12(11-5-6-11)13-3-1-2-4-14(13)15/h1-4,7-8,10-11,16,22H,5-6,9H2/t16-/m0/s1. The van der Waals surface area contributed by atoms with Gasteiger partial charge in [0.05, 0.1) is 11.4 Å². The van der Waals surface area contributed by atoms with Gasteiger partial charge in [0.1, 0.15) is 6.33 Å². The average Bonchev–Trinajstić information content (AvgIpc) is 3.36. The molecule has 1 atom stereocenters. The summed E-state index contributed by atoms with van der Waals surface area (Å²) in [7, 11) is 0. The van der Waals surface area contributed by atoms with Crippen molar-refractivity contribution in [2.24, 2.45) is 5.18 Å². The second-order valence-corrected chi connectivity index (χ2v) is 6.86. The molecule has 0 radical (unpaired) electrons. The number of thioether (sulfide) groups is 1. The van der Waals surface area contributed by atoms with E-state index in [2.05, 4.69) is 45.7 Å². The minimum absolute atomic E-state index is 0.153. The van der Waals surface area contributed by atoms with Gasteiger partial charge in [0.15, 0.2) is 11.4 Å². The van der Waals surface area contributed by atoms with E-state index in [4.69, 9.17) is 0 Å². The van der Waals surface area contributed by atoms with Gasteiger partial charge in [0.25, 0.3) is 0 Å². The van der Waals surface area contributed by atoms with Crippen molar-refractivity contribution in [3.05, 3.63) is 53.2 Å². The van der Waals surface area contributed by atoms with Crippen LogP contribution in [0.15, 0.2) is 53.1 Å². The number of benzene rings is 2. The van der Waals surface area contributed by atoms with Crippen molar-refractivity contribution in [1.29, 1.82) is 0 Å². The van der Waals surface area contributed by atoms with Crippen molar-refractivity contribution in [3.8, 4) is 5.69 Å². The summed E-state index contributed by atoms with van der Waals surface area (Å²) in [5.74, 6) is 0.827. The Kier molecular flexibility index (Phi) is 4.03. The Morgan fingerprint density at radius 1 is 1.25 bits per heavy atom. The van der Waals surface area contributed by atoms with E-state index in [-0.39, 0.29) is 5.75 Å². The van der Waals surface area contributed by atoms with Crippen LogP contribution in [0.5, 0.6) is 0 Å². The van der Waals surface area contributed by atoms with E-state index in [0.29, 0.717) is 11.1 Å². The van der Waals surface area contributed by atoms with Crippen LogP contribution in [0, 0.1) is 4.91 Å². The van der Waals surface area contributed by atoms with Crippen molar-refractivity contribution < 1.29 is 5.11 Å². The first-order valence-electron chi connectivity index (χ1n) is 7.83. The first-order valence-corrected chi connectivity index (χ1v) is 8.82. The molecule has 1 fully saturated rings. The second-order valence-electron chi connectivity index (χ2n) is 5.87. The van der Waals surface area contributed by atoms with Crippen LogP contribution in [0.2, 0.25) is 0 Å². The van der Waals surface area contributed by atoms with E-state index in [0.717, 1.165) is 11.1 Å². The molecule has 24 heavy (non-hydrogen) atoms. The normalized spacial score (nSPS) is 15.5. The number of aliphatic hydroxyl groups excluding tert-OH is 1. The number of hydrogen-bond donors (Lipinski definition) is 1. The van der Waals surface area contributed by atoms with Gasteiger partial charge in [-0.15, -0.1) is 15.1 Å². The third-order valence-corrected chi connectivity index (χ3v) is 5.21. The molecule has 1 saturated carbocycles. The Labute approximate surface area is 142 Å². The molecule has 0 saturated heterocycles.